The van der Waals surface area contributed by atoms with E-state index < -0.39 is 9.84 Å². The lowest BCUT2D eigenvalue weighted by Gasteiger charge is -2.13. The minimum absolute atomic E-state index is 0. The van der Waals surface area contributed by atoms with Crippen molar-refractivity contribution in [3.8, 4) is 0 Å². The van der Waals surface area contributed by atoms with E-state index in [2.05, 4.69) is 33.1 Å². The summed E-state index contributed by atoms with van der Waals surface area (Å²) >= 11 is 0. The fourth-order valence-electron chi connectivity index (χ4n) is 2.71. The number of carbonyl (C=O) groups is 1. The zero-order chi connectivity index (χ0) is 19.0. The van der Waals surface area contributed by atoms with E-state index in [4.69, 9.17) is 0 Å². The molecule has 2 rings (SSSR count). The van der Waals surface area contributed by atoms with Crippen LogP contribution in [0.3, 0.4) is 0 Å². The molecule has 0 aliphatic carbocycles. The molecule has 1 unspecified atom stereocenters. The number of guanidine groups is 1. The first kappa shape index (κ1) is 23.7. The van der Waals surface area contributed by atoms with Crippen molar-refractivity contribution in [3.63, 3.8) is 0 Å². The van der Waals surface area contributed by atoms with Crippen LogP contribution in [0.4, 0.5) is 0 Å². The summed E-state index contributed by atoms with van der Waals surface area (Å²) in [4.78, 5) is 16.5. The predicted octanol–water partition coefficient (Wildman–Crippen LogP) is 1.36. The minimum Gasteiger partial charge on any atom is -0.357 e. The van der Waals surface area contributed by atoms with Crippen LogP contribution in [0, 0.1) is 6.92 Å². The smallest absolute Gasteiger partial charge is 0.222 e. The number of carbonyl (C=O) groups excluding carboxylic acids is 1. The number of sulfone groups is 1. The Labute approximate surface area is 178 Å². The molecule has 7 nitrogen and oxygen atoms in total. The first-order chi connectivity index (χ1) is 12.4. The van der Waals surface area contributed by atoms with E-state index in [9.17, 15) is 13.2 Å². The Bertz CT molecular complexity index is 735. The number of benzene rings is 1. The Balaban J connectivity index is 0.00000364. The fourth-order valence-corrected chi connectivity index (χ4v) is 4.38. The Morgan fingerprint density at radius 1 is 1.22 bits per heavy atom. The number of aryl methyl sites for hydroxylation is 1. The van der Waals surface area contributed by atoms with E-state index in [1.165, 1.54) is 5.56 Å². The zero-order valence-corrected chi connectivity index (χ0v) is 19.0. The summed E-state index contributed by atoms with van der Waals surface area (Å²) in [5, 5.41) is 9.07. The number of nitrogens with one attached hydrogen (secondary N) is 3. The summed E-state index contributed by atoms with van der Waals surface area (Å²) in [5.41, 5.74) is 2.33. The average molecular weight is 508 g/mol. The molecule has 1 saturated heterocycles. The van der Waals surface area contributed by atoms with Gasteiger partial charge in [-0.25, -0.2) is 13.4 Å². The zero-order valence-electron chi connectivity index (χ0n) is 15.8. The molecule has 9 heteroatoms. The third-order valence-electron chi connectivity index (χ3n) is 4.13. The highest BCUT2D eigenvalue weighted by Crippen LogP contribution is 2.11. The third-order valence-corrected chi connectivity index (χ3v) is 5.89. The fraction of sp³-hybridized carbons (Fsp3) is 0.556. The molecule has 0 aromatic heterocycles. The van der Waals surface area contributed by atoms with Crippen molar-refractivity contribution in [1.82, 2.24) is 16.0 Å². The SMILES string of the molecule is CCNC(=NCc1ccc(C)cc1)NCCC(=O)NC1CCS(=O)(=O)C1.I. The summed E-state index contributed by atoms with van der Waals surface area (Å²) in [6, 6.07) is 7.95. The minimum atomic E-state index is -2.98. The number of aliphatic imine (C=N–C) groups is 1. The first-order valence-electron chi connectivity index (χ1n) is 8.95. The normalized spacial score (nSPS) is 18.4. The van der Waals surface area contributed by atoms with E-state index in [0.717, 1.165) is 12.1 Å². The summed E-state index contributed by atoms with van der Waals surface area (Å²) in [6.45, 7) is 5.75. The van der Waals surface area contributed by atoms with Crippen LogP contribution in [-0.2, 0) is 21.2 Å². The number of amides is 1. The molecule has 1 amide bonds. The van der Waals surface area contributed by atoms with Crippen molar-refractivity contribution in [2.45, 2.75) is 39.3 Å². The molecule has 0 bridgehead atoms. The number of nitrogens with zero attached hydrogens (tertiary/aromatic N) is 1. The second-order valence-corrected chi connectivity index (χ2v) is 8.75. The predicted molar refractivity (Wildman–Crippen MR) is 119 cm³/mol. The van der Waals surface area contributed by atoms with Crippen LogP contribution in [0.5, 0.6) is 0 Å². The van der Waals surface area contributed by atoms with E-state index in [0.29, 0.717) is 25.5 Å². The highest BCUT2D eigenvalue weighted by atomic mass is 127. The maximum atomic E-state index is 12.0. The molecule has 1 aromatic rings. The monoisotopic (exact) mass is 508 g/mol. The van der Waals surface area contributed by atoms with Crippen LogP contribution < -0.4 is 16.0 Å². The van der Waals surface area contributed by atoms with E-state index in [-0.39, 0.29) is 53.9 Å². The number of hydrogen-bond donors (Lipinski definition) is 3. The Morgan fingerprint density at radius 3 is 2.52 bits per heavy atom. The van der Waals surface area contributed by atoms with Gasteiger partial charge >= 0.3 is 0 Å². The standard InChI is InChI=1S/C18H28N4O3S.HI/c1-3-19-18(21-12-15-6-4-14(2)5-7-15)20-10-8-17(23)22-16-9-11-26(24,25)13-16;/h4-7,16H,3,8-13H2,1-2H3,(H,22,23)(H2,19,20,21);1H. The quantitative estimate of drug-likeness (QED) is 0.294. The molecule has 1 heterocycles. The molecule has 27 heavy (non-hydrogen) atoms. The lowest BCUT2D eigenvalue weighted by atomic mass is 10.1. The van der Waals surface area contributed by atoms with Gasteiger partial charge in [-0.3, -0.25) is 4.79 Å². The second-order valence-electron chi connectivity index (χ2n) is 6.53. The molecule has 1 aliphatic heterocycles. The topological polar surface area (TPSA) is 99.7 Å². The molecule has 0 radical (unpaired) electrons. The van der Waals surface area contributed by atoms with Gasteiger partial charge in [-0.1, -0.05) is 29.8 Å². The third kappa shape index (κ3) is 8.91. The highest BCUT2D eigenvalue weighted by molar-refractivity contribution is 14.0. The first-order valence-corrected chi connectivity index (χ1v) is 10.8. The molecular formula is C18H29IN4O3S. The lowest BCUT2D eigenvalue weighted by molar-refractivity contribution is -0.121. The second kappa shape index (κ2) is 11.5. The van der Waals surface area contributed by atoms with Crippen LogP contribution in [-0.4, -0.2) is 50.9 Å². The molecule has 1 atom stereocenters. The van der Waals surface area contributed by atoms with Gasteiger partial charge in [0.05, 0.1) is 18.1 Å². The summed E-state index contributed by atoms with van der Waals surface area (Å²) < 4.78 is 22.8. The summed E-state index contributed by atoms with van der Waals surface area (Å²) in [6.07, 6.45) is 0.771. The van der Waals surface area contributed by atoms with Gasteiger partial charge in [0.25, 0.3) is 0 Å². The van der Waals surface area contributed by atoms with Crippen LogP contribution in [0.2, 0.25) is 0 Å². The maximum Gasteiger partial charge on any atom is 0.222 e. The van der Waals surface area contributed by atoms with Crippen LogP contribution >= 0.6 is 24.0 Å². The lowest BCUT2D eigenvalue weighted by Crippen LogP contribution is -2.41. The molecule has 1 fully saturated rings. The average Bonchev–Trinajstić information content (AvgIpc) is 2.92. The Morgan fingerprint density at radius 2 is 1.93 bits per heavy atom. The largest absolute Gasteiger partial charge is 0.357 e. The van der Waals surface area contributed by atoms with Gasteiger partial charge < -0.3 is 16.0 Å². The van der Waals surface area contributed by atoms with Gasteiger partial charge in [-0.05, 0) is 25.8 Å². The number of halogens is 1. The van der Waals surface area contributed by atoms with Crippen molar-refractivity contribution in [1.29, 1.82) is 0 Å². The van der Waals surface area contributed by atoms with Crippen molar-refractivity contribution < 1.29 is 13.2 Å². The number of hydrogen-bond acceptors (Lipinski definition) is 4. The van der Waals surface area contributed by atoms with Gasteiger partial charge in [0.1, 0.15) is 0 Å². The van der Waals surface area contributed by atoms with Crippen molar-refractivity contribution >= 4 is 45.7 Å². The molecule has 3 N–H and O–H groups in total. The van der Waals surface area contributed by atoms with Crippen molar-refractivity contribution in [3.05, 3.63) is 35.4 Å². The van der Waals surface area contributed by atoms with Crippen LogP contribution in [0.1, 0.15) is 30.9 Å². The number of rotatable bonds is 7. The summed E-state index contributed by atoms with van der Waals surface area (Å²) in [7, 11) is -2.98. The molecule has 0 spiro atoms. The molecule has 1 aliphatic rings. The van der Waals surface area contributed by atoms with E-state index in [1.54, 1.807) is 0 Å². The Hall–Kier alpha value is -1.36. The molecule has 1 aromatic carbocycles. The molecule has 152 valence electrons. The van der Waals surface area contributed by atoms with Crippen molar-refractivity contribution in [2.75, 3.05) is 24.6 Å². The maximum absolute atomic E-state index is 12.0. The van der Waals surface area contributed by atoms with Crippen LogP contribution in [0.25, 0.3) is 0 Å². The van der Waals surface area contributed by atoms with Gasteiger partial charge in [0, 0.05) is 25.6 Å². The summed E-state index contributed by atoms with van der Waals surface area (Å²) in [5.74, 6) is 0.720. The molecular weight excluding hydrogens is 479 g/mol. The van der Waals surface area contributed by atoms with E-state index >= 15 is 0 Å². The van der Waals surface area contributed by atoms with Gasteiger partial charge in [-0.2, -0.15) is 0 Å². The molecule has 0 saturated carbocycles. The van der Waals surface area contributed by atoms with Gasteiger partial charge in [-0.15, -0.1) is 24.0 Å². The van der Waals surface area contributed by atoms with Crippen molar-refractivity contribution in [2.24, 2.45) is 4.99 Å². The highest BCUT2D eigenvalue weighted by Gasteiger charge is 2.28. The van der Waals surface area contributed by atoms with Gasteiger partial charge in [0.15, 0.2) is 15.8 Å². The van der Waals surface area contributed by atoms with E-state index in [1.807, 2.05) is 26.0 Å². The Kier molecular flexibility index (Phi) is 10.1. The van der Waals surface area contributed by atoms with Crippen LogP contribution in [0.15, 0.2) is 29.3 Å². The van der Waals surface area contributed by atoms with Gasteiger partial charge in [0.2, 0.25) is 5.91 Å².